The minimum absolute atomic E-state index is 0. The number of carboxylic acid groups (broad SMARTS) is 1. The van der Waals surface area contributed by atoms with Gasteiger partial charge in [-0.2, -0.15) is 8.42 Å². The summed E-state index contributed by atoms with van der Waals surface area (Å²) < 4.78 is 28.1. The van der Waals surface area contributed by atoms with E-state index >= 15 is 0 Å². The van der Waals surface area contributed by atoms with Crippen molar-refractivity contribution < 1.29 is 52.4 Å². The van der Waals surface area contributed by atoms with Crippen molar-refractivity contribution in [1.29, 1.82) is 0 Å². The van der Waals surface area contributed by atoms with Crippen molar-refractivity contribution >= 4 is 25.9 Å². The summed E-state index contributed by atoms with van der Waals surface area (Å²) >= 11 is 0. The molecule has 6 nitrogen and oxygen atoms in total. The van der Waals surface area contributed by atoms with Crippen LogP contribution in [0.25, 0.3) is 0 Å². The minimum atomic E-state index is -4.21. The monoisotopic (exact) mass is 239 g/mol. The number of nitrogens with two attached hydrogens (primary N) is 1. The summed E-state index contributed by atoms with van der Waals surface area (Å²) in [6, 6.07) is -1.39. The molecule has 0 aromatic heterocycles. The normalized spacial score (nSPS) is 12.2. The summed E-state index contributed by atoms with van der Waals surface area (Å²) in [5.74, 6) is -1.98. The van der Waals surface area contributed by atoms with Gasteiger partial charge in [-0.05, 0) is 10.8 Å². The van der Waals surface area contributed by atoms with E-state index in [-0.39, 0.29) is 47.8 Å². The Balaban J connectivity index is -0.000000500. The first-order valence-corrected chi connectivity index (χ1v) is 5.35. The van der Waals surface area contributed by atoms with E-state index in [1.54, 1.807) is 0 Å². The quantitative estimate of drug-likeness (QED) is 0.287. The molecule has 1 atom stereocenters. The molecular weight excluding hydrogens is 229 g/mol. The molecule has 0 aromatic rings. The van der Waals surface area contributed by atoms with E-state index in [1.165, 1.54) is 0 Å². The molecule has 0 spiro atoms. The van der Waals surface area contributed by atoms with Gasteiger partial charge in [0.05, 0.1) is 12.0 Å². The Morgan fingerprint density at radius 3 is 2.23 bits per heavy atom. The number of carboxylic acids is 1. The van der Waals surface area contributed by atoms with E-state index in [4.69, 9.17) is 10.3 Å². The number of carbonyl (C=O) groups is 1. The molecule has 3 N–H and O–H groups in total. The second kappa shape index (κ2) is 8.04. The smallest absolute Gasteiger partial charge is 0.548 e. The van der Waals surface area contributed by atoms with E-state index in [0.29, 0.717) is 0 Å². The first-order chi connectivity index (χ1) is 4.83. The first-order valence-electron chi connectivity index (χ1n) is 2.41. The van der Waals surface area contributed by atoms with Crippen LogP contribution in [0.1, 0.15) is 7.43 Å². The molecule has 0 radical (unpaired) electrons. The molecule has 0 saturated carbocycles. The molecule has 0 aliphatic carbocycles. The third kappa shape index (κ3) is 12.7. The van der Waals surface area contributed by atoms with Crippen LogP contribution in [0.2, 0.25) is 0 Å². The summed E-state index contributed by atoms with van der Waals surface area (Å²) in [6.07, 6.45) is 0. The fourth-order valence-corrected chi connectivity index (χ4v) is 1.64. The van der Waals surface area contributed by atoms with Crippen molar-refractivity contribution in [1.82, 2.24) is 0 Å². The van der Waals surface area contributed by atoms with E-state index in [9.17, 15) is 18.3 Å². The fraction of sp³-hybridized carbons (Fsp3) is 0.750. The summed E-state index contributed by atoms with van der Waals surface area (Å²) in [4.78, 5) is 9.89. The van der Waals surface area contributed by atoms with Crippen LogP contribution in [0.3, 0.4) is 0 Å². The Morgan fingerprint density at radius 1 is 1.62 bits per heavy atom. The third-order valence-electron chi connectivity index (χ3n) is 0.699. The van der Waals surface area contributed by atoms with Crippen molar-refractivity contribution in [2.24, 2.45) is 5.73 Å². The van der Waals surface area contributed by atoms with Gasteiger partial charge in [-0.3, -0.25) is 4.55 Å². The van der Waals surface area contributed by atoms with E-state index < -0.39 is 26.9 Å². The van der Waals surface area contributed by atoms with Gasteiger partial charge in [0.15, 0.2) is 0 Å². The number of hydrogen-bond donors (Lipinski definition) is 2. The summed E-state index contributed by atoms with van der Waals surface area (Å²) in [7, 11) is -4.16. The Bertz CT molecular complexity index is 241. The van der Waals surface area contributed by atoms with Crippen molar-refractivity contribution in [2.75, 3.05) is 5.75 Å². The fourth-order valence-electron chi connectivity index (χ4n) is 0.227. The maximum absolute atomic E-state index is 10.0. The SMILES string of the molecule is C.NC(CSS(=O)(=O)O)C(=O)[O-].[Na+]. The molecular formula is C4H10NNaO5S2. The molecule has 0 amide bonds. The average Bonchev–Trinajstić information content (AvgIpc) is 1.80. The van der Waals surface area contributed by atoms with Gasteiger partial charge in [-0.25, -0.2) is 0 Å². The van der Waals surface area contributed by atoms with Gasteiger partial charge in [0.2, 0.25) is 0 Å². The summed E-state index contributed by atoms with van der Waals surface area (Å²) in [5, 5.41) is 9.89. The molecule has 9 heteroatoms. The maximum Gasteiger partial charge on any atom is 1.00 e. The molecule has 0 rings (SSSR count). The number of hydrogen-bond acceptors (Lipinski definition) is 6. The number of rotatable bonds is 4. The molecule has 0 saturated heterocycles. The van der Waals surface area contributed by atoms with Crippen molar-refractivity contribution in [2.45, 2.75) is 13.5 Å². The molecule has 0 fully saturated rings. The minimum Gasteiger partial charge on any atom is -0.548 e. The Labute approximate surface area is 103 Å². The zero-order chi connectivity index (χ0) is 9.07. The van der Waals surface area contributed by atoms with E-state index in [1.807, 2.05) is 0 Å². The van der Waals surface area contributed by atoms with Crippen LogP contribution in [0, 0.1) is 0 Å². The van der Waals surface area contributed by atoms with Gasteiger partial charge in [0, 0.05) is 5.75 Å². The van der Waals surface area contributed by atoms with E-state index in [2.05, 4.69) is 0 Å². The van der Waals surface area contributed by atoms with Crippen molar-refractivity contribution in [3.8, 4) is 0 Å². The predicted octanol–water partition coefficient (Wildman–Crippen LogP) is -4.76. The first kappa shape index (κ1) is 19.3. The van der Waals surface area contributed by atoms with Crippen LogP contribution in [0.15, 0.2) is 0 Å². The van der Waals surface area contributed by atoms with Crippen LogP contribution < -0.4 is 40.4 Å². The Morgan fingerprint density at radius 2 is 2.00 bits per heavy atom. The van der Waals surface area contributed by atoms with Crippen molar-refractivity contribution in [3.05, 3.63) is 0 Å². The summed E-state index contributed by atoms with van der Waals surface area (Å²) in [6.45, 7) is 0. The molecule has 0 bridgehead atoms. The molecule has 0 heterocycles. The largest absolute Gasteiger partial charge is 1.00 e. The average molecular weight is 239 g/mol. The zero-order valence-electron chi connectivity index (χ0n) is 6.26. The predicted molar refractivity (Wildman–Crippen MR) is 43.7 cm³/mol. The van der Waals surface area contributed by atoms with Crippen LogP contribution in [0.5, 0.6) is 0 Å². The maximum atomic E-state index is 10.0. The Hall–Kier alpha value is 0.690. The molecule has 0 aliphatic rings. The van der Waals surface area contributed by atoms with Gasteiger partial charge in [-0.1, -0.05) is 7.43 Å². The molecule has 1 unspecified atom stereocenters. The van der Waals surface area contributed by atoms with Gasteiger partial charge in [0.25, 0.3) is 0 Å². The number of carbonyl (C=O) groups excluding carboxylic acids is 1. The molecule has 74 valence electrons. The van der Waals surface area contributed by atoms with Gasteiger partial charge >= 0.3 is 38.7 Å². The van der Waals surface area contributed by atoms with Crippen molar-refractivity contribution in [3.63, 3.8) is 0 Å². The second-order valence-corrected chi connectivity index (χ2v) is 5.03. The number of aliphatic carboxylic acids is 1. The van der Waals surface area contributed by atoms with Crippen LogP contribution in [-0.4, -0.2) is 30.7 Å². The zero-order valence-corrected chi connectivity index (χ0v) is 9.89. The van der Waals surface area contributed by atoms with Gasteiger partial charge in [-0.15, -0.1) is 0 Å². The topological polar surface area (TPSA) is 121 Å². The van der Waals surface area contributed by atoms with Crippen LogP contribution >= 0.6 is 10.8 Å². The summed E-state index contributed by atoms with van der Waals surface area (Å²) in [5.41, 5.74) is 4.87. The Kier molecular flexibility index (Phi) is 11.9. The van der Waals surface area contributed by atoms with Crippen LogP contribution in [-0.2, 0) is 13.9 Å². The van der Waals surface area contributed by atoms with Gasteiger partial charge in [0.1, 0.15) is 0 Å². The standard InChI is InChI=1S/C3H7NO5S2.CH4.Na/c4-2(3(5)6)1-10-11(7,8)9;;/h2H,1,4H2,(H,5,6)(H,7,8,9);1H4;/q;;+1/p-1. The third-order valence-corrected chi connectivity index (χ3v) is 2.79. The molecule has 0 aliphatic heterocycles. The van der Waals surface area contributed by atoms with E-state index in [0.717, 1.165) is 0 Å². The van der Waals surface area contributed by atoms with Gasteiger partial charge < -0.3 is 15.6 Å². The van der Waals surface area contributed by atoms with Crippen LogP contribution in [0.4, 0.5) is 0 Å². The molecule has 0 aromatic carbocycles. The second-order valence-electron chi connectivity index (χ2n) is 1.64. The molecule has 13 heavy (non-hydrogen) atoms.